The average Bonchev–Trinajstić information content (AvgIpc) is 2.87. The molecular weight excluding hydrogens is 315 g/mol. The Kier molecular flexibility index (Phi) is 4.52. The molecule has 0 bridgehead atoms. The highest BCUT2D eigenvalue weighted by atomic mass is 19.2. The Morgan fingerprint density at radius 1 is 1.04 bits per heavy atom. The normalized spacial score (nSPS) is 10.9. The second-order valence-electron chi connectivity index (χ2n) is 5.50. The van der Waals surface area contributed by atoms with Gasteiger partial charge in [-0.2, -0.15) is 5.26 Å². The van der Waals surface area contributed by atoms with Crippen LogP contribution >= 0.6 is 0 Å². The number of imidazole rings is 1. The second kappa shape index (κ2) is 6.75. The molecule has 3 aromatic rings. The van der Waals surface area contributed by atoms with Gasteiger partial charge >= 0.3 is 0 Å². The van der Waals surface area contributed by atoms with Crippen LogP contribution in [-0.4, -0.2) is 9.55 Å². The van der Waals surface area contributed by atoms with Crippen molar-refractivity contribution in [1.82, 2.24) is 9.55 Å². The Bertz CT molecular complexity index is 908. The first kappa shape index (κ1) is 16.1. The molecule has 0 aliphatic rings. The number of fused-ring (bicyclic) bond motifs is 1. The molecule has 122 valence electrons. The van der Waals surface area contributed by atoms with Gasteiger partial charge in [0.2, 0.25) is 0 Å². The van der Waals surface area contributed by atoms with Crippen LogP contribution in [-0.2, 0) is 13.0 Å². The van der Waals surface area contributed by atoms with Gasteiger partial charge in [-0.1, -0.05) is 12.1 Å². The molecule has 1 heterocycles. The summed E-state index contributed by atoms with van der Waals surface area (Å²) in [5.74, 6) is -1.58. The molecule has 0 saturated heterocycles. The number of nitrogens with zero attached hydrogens (tertiary/aromatic N) is 3. The van der Waals surface area contributed by atoms with Gasteiger partial charge in [0.25, 0.3) is 0 Å². The fourth-order valence-electron chi connectivity index (χ4n) is 2.66. The SMILES string of the molecule is N#CCCCn1c(Cc2ccc(F)cc2)nc2cc(F)c(F)cc21. The third kappa shape index (κ3) is 3.25. The van der Waals surface area contributed by atoms with Gasteiger partial charge in [-0.25, -0.2) is 18.2 Å². The van der Waals surface area contributed by atoms with E-state index < -0.39 is 11.6 Å². The third-order valence-corrected chi connectivity index (χ3v) is 3.82. The van der Waals surface area contributed by atoms with Gasteiger partial charge in [-0.15, -0.1) is 0 Å². The monoisotopic (exact) mass is 329 g/mol. The van der Waals surface area contributed by atoms with Gasteiger partial charge in [-0.05, 0) is 24.1 Å². The van der Waals surface area contributed by atoms with E-state index in [4.69, 9.17) is 5.26 Å². The maximum absolute atomic E-state index is 13.6. The zero-order valence-corrected chi connectivity index (χ0v) is 12.8. The first-order valence-electron chi connectivity index (χ1n) is 7.54. The molecule has 0 aliphatic heterocycles. The molecule has 6 heteroatoms. The number of hydrogen-bond acceptors (Lipinski definition) is 2. The van der Waals surface area contributed by atoms with Crippen molar-refractivity contribution in [2.24, 2.45) is 0 Å². The van der Waals surface area contributed by atoms with Gasteiger partial charge in [-0.3, -0.25) is 0 Å². The summed E-state index contributed by atoms with van der Waals surface area (Å²) in [6.45, 7) is 0.478. The topological polar surface area (TPSA) is 41.6 Å². The Morgan fingerprint density at radius 3 is 2.46 bits per heavy atom. The van der Waals surface area contributed by atoms with E-state index in [1.54, 1.807) is 16.7 Å². The molecule has 0 atom stereocenters. The predicted molar refractivity (Wildman–Crippen MR) is 83.7 cm³/mol. The minimum atomic E-state index is -0.947. The lowest BCUT2D eigenvalue weighted by molar-refractivity contribution is 0.510. The van der Waals surface area contributed by atoms with Crippen LogP contribution in [0.5, 0.6) is 0 Å². The van der Waals surface area contributed by atoms with Gasteiger partial charge < -0.3 is 4.57 Å². The minimum absolute atomic E-state index is 0.328. The molecule has 0 aliphatic carbocycles. The summed E-state index contributed by atoms with van der Waals surface area (Å²) in [6, 6.07) is 10.3. The molecule has 3 rings (SSSR count). The summed E-state index contributed by atoms with van der Waals surface area (Å²) in [6.07, 6.45) is 1.35. The molecule has 0 fully saturated rings. The molecule has 0 saturated carbocycles. The van der Waals surface area contributed by atoms with Crippen molar-refractivity contribution < 1.29 is 13.2 Å². The number of unbranched alkanes of at least 4 members (excludes halogenated alkanes) is 1. The van der Waals surface area contributed by atoms with Crippen molar-refractivity contribution in [1.29, 1.82) is 5.26 Å². The molecule has 0 radical (unpaired) electrons. The van der Waals surface area contributed by atoms with Gasteiger partial charge in [0.15, 0.2) is 11.6 Å². The Hall–Kier alpha value is -2.81. The van der Waals surface area contributed by atoms with Crippen LogP contribution in [0, 0.1) is 28.8 Å². The number of rotatable bonds is 5. The lowest BCUT2D eigenvalue weighted by atomic mass is 10.1. The molecular formula is C18H14F3N3. The van der Waals surface area contributed by atoms with Crippen molar-refractivity contribution >= 4 is 11.0 Å². The van der Waals surface area contributed by atoms with E-state index >= 15 is 0 Å². The highest BCUT2D eigenvalue weighted by Crippen LogP contribution is 2.22. The number of nitriles is 1. The minimum Gasteiger partial charge on any atom is -0.328 e. The van der Waals surface area contributed by atoms with E-state index in [0.717, 1.165) is 17.7 Å². The highest BCUT2D eigenvalue weighted by Gasteiger charge is 2.14. The smallest absolute Gasteiger partial charge is 0.161 e. The van der Waals surface area contributed by atoms with Crippen molar-refractivity contribution in [3.05, 3.63) is 65.2 Å². The summed E-state index contributed by atoms with van der Waals surface area (Å²) in [7, 11) is 0. The standard InChI is InChI=1S/C18H14F3N3/c19-13-5-3-12(4-6-13)9-18-23-16-10-14(20)15(21)11-17(16)24(18)8-2-1-7-22/h3-6,10-11H,1-2,8-9H2. The van der Waals surface area contributed by atoms with Crippen molar-refractivity contribution in [3.8, 4) is 6.07 Å². The van der Waals surface area contributed by atoms with Crippen molar-refractivity contribution in [3.63, 3.8) is 0 Å². The van der Waals surface area contributed by atoms with E-state index in [1.807, 2.05) is 0 Å². The molecule has 3 nitrogen and oxygen atoms in total. The number of aromatic nitrogens is 2. The van der Waals surface area contributed by atoms with Crippen LogP contribution in [0.1, 0.15) is 24.2 Å². The zero-order chi connectivity index (χ0) is 17.1. The van der Waals surface area contributed by atoms with Crippen molar-refractivity contribution in [2.45, 2.75) is 25.8 Å². The maximum atomic E-state index is 13.6. The van der Waals surface area contributed by atoms with Crippen LogP contribution in [0.15, 0.2) is 36.4 Å². The zero-order valence-electron chi connectivity index (χ0n) is 12.8. The summed E-state index contributed by atoms with van der Waals surface area (Å²) >= 11 is 0. The average molecular weight is 329 g/mol. The van der Waals surface area contributed by atoms with Crippen LogP contribution < -0.4 is 0 Å². The first-order chi connectivity index (χ1) is 11.6. The lowest BCUT2D eigenvalue weighted by Gasteiger charge is -2.08. The Balaban J connectivity index is 2.02. The molecule has 2 aromatic carbocycles. The summed E-state index contributed by atoms with van der Waals surface area (Å²) in [4.78, 5) is 4.39. The molecule has 24 heavy (non-hydrogen) atoms. The Labute approximate surface area is 137 Å². The fraction of sp³-hybridized carbons (Fsp3) is 0.222. The molecule has 0 amide bonds. The fourth-order valence-corrected chi connectivity index (χ4v) is 2.66. The van der Waals surface area contributed by atoms with Crippen LogP contribution in [0.4, 0.5) is 13.2 Å². The van der Waals surface area contributed by atoms with E-state index in [0.29, 0.717) is 42.7 Å². The largest absolute Gasteiger partial charge is 0.328 e. The van der Waals surface area contributed by atoms with E-state index in [-0.39, 0.29) is 5.82 Å². The van der Waals surface area contributed by atoms with Gasteiger partial charge in [0.05, 0.1) is 17.1 Å². The predicted octanol–water partition coefficient (Wildman–Crippen LogP) is 4.35. The quantitative estimate of drug-likeness (QED) is 0.653. The molecule has 0 N–H and O–H groups in total. The van der Waals surface area contributed by atoms with Crippen molar-refractivity contribution in [2.75, 3.05) is 0 Å². The summed E-state index contributed by atoms with van der Waals surface area (Å²) in [5, 5.41) is 8.70. The summed E-state index contributed by atoms with van der Waals surface area (Å²) < 4.78 is 41.9. The number of hydrogen-bond donors (Lipinski definition) is 0. The van der Waals surface area contributed by atoms with Gasteiger partial charge in [0, 0.05) is 31.5 Å². The highest BCUT2D eigenvalue weighted by molar-refractivity contribution is 5.76. The third-order valence-electron chi connectivity index (χ3n) is 3.82. The number of halogens is 3. The van der Waals surface area contributed by atoms with E-state index in [2.05, 4.69) is 11.1 Å². The van der Waals surface area contributed by atoms with Crippen LogP contribution in [0.3, 0.4) is 0 Å². The van der Waals surface area contributed by atoms with E-state index in [1.165, 1.54) is 12.1 Å². The Morgan fingerprint density at radius 2 is 1.75 bits per heavy atom. The molecule has 0 unspecified atom stereocenters. The second-order valence-corrected chi connectivity index (χ2v) is 5.50. The van der Waals surface area contributed by atoms with Crippen LogP contribution in [0.2, 0.25) is 0 Å². The summed E-state index contributed by atoms with van der Waals surface area (Å²) in [5.41, 5.74) is 1.70. The first-order valence-corrected chi connectivity index (χ1v) is 7.54. The van der Waals surface area contributed by atoms with E-state index in [9.17, 15) is 13.2 Å². The van der Waals surface area contributed by atoms with Gasteiger partial charge in [0.1, 0.15) is 11.6 Å². The molecule has 0 spiro atoms. The number of aryl methyl sites for hydroxylation is 1. The van der Waals surface area contributed by atoms with Crippen LogP contribution in [0.25, 0.3) is 11.0 Å². The maximum Gasteiger partial charge on any atom is 0.161 e. The molecule has 1 aromatic heterocycles. The lowest BCUT2D eigenvalue weighted by Crippen LogP contribution is -2.05. The number of benzene rings is 2.